The summed E-state index contributed by atoms with van der Waals surface area (Å²) in [7, 11) is 0. The summed E-state index contributed by atoms with van der Waals surface area (Å²) >= 11 is 0. The molecule has 0 saturated heterocycles. The molecular formula is C15H16N2O2. The predicted octanol–water partition coefficient (Wildman–Crippen LogP) is 2.99. The number of nitrogens with one attached hydrogen (secondary N) is 1. The molecule has 0 fully saturated rings. The fraction of sp³-hybridized carbons (Fsp3) is 0.333. The van der Waals surface area contributed by atoms with Crippen LogP contribution >= 0.6 is 0 Å². The number of aromatic nitrogens is 2. The van der Waals surface area contributed by atoms with Crippen LogP contribution in [0.3, 0.4) is 0 Å². The molecule has 1 aliphatic rings. The number of imidazole rings is 1. The van der Waals surface area contributed by atoms with Crippen molar-refractivity contribution in [1.29, 1.82) is 0 Å². The Hall–Kier alpha value is -2.10. The van der Waals surface area contributed by atoms with E-state index in [0.717, 1.165) is 12.0 Å². The van der Waals surface area contributed by atoms with Gasteiger partial charge in [-0.15, -0.1) is 0 Å². The van der Waals surface area contributed by atoms with E-state index < -0.39 is 0 Å². The van der Waals surface area contributed by atoms with Gasteiger partial charge in [0.1, 0.15) is 11.8 Å². The van der Waals surface area contributed by atoms with Crippen LogP contribution in [0.25, 0.3) is 0 Å². The Morgan fingerprint density at radius 3 is 2.95 bits per heavy atom. The van der Waals surface area contributed by atoms with E-state index in [1.165, 1.54) is 18.1 Å². The van der Waals surface area contributed by atoms with E-state index in [9.17, 15) is 4.79 Å². The van der Waals surface area contributed by atoms with Crippen LogP contribution < -0.4 is 0 Å². The SMILES string of the molecule is CC1(C)CC(OC(=O)c2cnc[nH]2)c2ccccc21. The molecule has 1 atom stereocenters. The van der Waals surface area contributed by atoms with Gasteiger partial charge in [0.2, 0.25) is 0 Å². The summed E-state index contributed by atoms with van der Waals surface area (Å²) in [5, 5.41) is 0. The number of aromatic amines is 1. The number of carbonyl (C=O) groups excluding carboxylic acids is 1. The Morgan fingerprint density at radius 1 is 1.42 bits per heavy atom. The molecular weight excluding hydrogens is 240 g/mol. The van der Waals surface area contributed by atoms with Crippen LogP contribution in [0.2, 0.25) is 0 Å². The number of H-pyrrole nitrogens is 1. The first-order valence-electron chi connectivity index (χ1n) is 6.37. The van der Waals surface area contributed by atoms with E-state index in [1.807, 2.05) is 18.2 Å². The number of rotatable bonds is 2. The number of nitrogens with zero attached hydrogens (tertiary/aromatic N) is 1. The van der Waals surface area contributed by atoms with Gasteiger partial charge >= 0.3 is 5.97 Å². The Bertz CT molecular complexity index is 602. The average Bonchev–Trinajstić information content (AvgIpc) is 2.98. The van der Waals surface area contributed by atoms with Crippen molar-refractivity contribution in [2.45, 2.75) is 31.8 Å². The fourth-order valence-electron chi connectivity index (χ4n) is 2.74. The molecule has 2 aromatic rings. The first-order chi connectivity index (χ1) is 9.08. The molecule has 3 rings (SSSR count). The number of hydrogen-bond donors (Lipinski definition) is 1. The van der Waals surface area contributed by atoms with Crippen LogP contribution in [-0.4, -0.2) is 15.9 Å². The van der Waals surface area contributed by atoms with Gasteiger partial charge in [-0.25, -0.2) is 9.78 Å². The summed E-state index contributed by atoms with van der Waals surface area (Å²) in [4.78, 5) is 18.6. The summed E-state index contributed by atoms with van der Waals surface area (Å²) in [6, 6.07) is 8.16. The summed E-state index contributed by atoms with van der Waals surface area (Å²) in [5.74, 6) is -0.352. The summed E-state index contributed by atoms with van der Waals surface area (Å²) in [5.41, 5.74) is 2.80. The molecule has 1 heterocycles. The average molecular weight is 256 g/mol. The van der Waals surface area contributed by atoms with E-state index in [0.29, 0.717) is 5.69 Å². The Kier molecular flexibility index (Phi) is 2.66. The second-order valence-electron chi connectivity index (χ2n) is 5.53. The van der Waals surface area contributed by atoms with Gasteiger partial charge < -0.3 is 9.72 Å². The minimum atomic E-state index is -0.352. The Balaban J connectivity index is 1.86. The van der Waals surface area contributed by atoms with Gasteiger partial charge in [-0.3, -0.25) is 0 Å². The van der Waals surface area contributed by atoms with Crippen molar-refractivity contribution >= 4 is 5.97 Å². The van der Waals surface area contributed by atoms with Crippen LogP contribution in [0.15, 0.2) is 36.8 Å². The van der Waals surface area contributed by atoms with Crippen molar-refractivity contribution in [2.24, 2.45) is 0 Å². The molecule has 98 valence electrons. The lowest BCUT2D eigenvalue weighted by Crippen LogP contribution is -2.14. The van der Waals surface area contributed by atoms with E-state index in [4.69, 9.17) is 4.74 Å². The molecule has 4 heteroatoms. The van der Waals surface area contributed by atoms with Gasteiger partial charge in [0, 0.05) is 0 Å². The third kappa shape index (κ3) is 2.03. The number of fused-ring (bicyclic) bond motifs is 1. The maximum atomic E-state index is 12.0. The number of hydrogen-bond acceptors (Lipinski definition) is 3. The van der Waals surface area contributed by atoms with Crippen molar-refractivity contribution < 1.29 is 9.53 Å². The highest BCUT2D eigenvalue weighted by molar-refractivity contribution is 5.87. The normalized spacial score (nSPS) is 20.0. The van der Waals surface area contributed by atoms with Crippen molar-refractivity contribution in [3.8, 4) is 0 Å². The molecule has 1 aromatic heterocycles. The zero-order valence-corrected chi connectivity index (χ0v) is 11.0. The number of benzene rings is 1. The maximum Gasteiger partial charge on any atom is 0.357 e. The second-order valence-corrected chi connectivity index (χ2v) is 5.53. The number of esters is 1. The van der Waals surface area contributed by atoms with Crippen LogP contribution in [0.4, 0.5) is 0 Å². The summed E-state index contributed by atoms with van der Waals surface area (Å²) < 4.78 is 5.61. The quantitative estimate of drug-likeness (QED) is 0.840. The topological polar surface area (TPSA) is 55.0 Å². The second kappa shape index (κ2) is 4.23. The minimum Gasteiger partial charge on any atom is -0.453 e. The molecule has 0 spiro atoms. The smallest absolute Gasteiger partial charge is 0.357 e. The van der Waals surface area contributed by atoms with Crippen LogP contribution in [0.1, 0.15) is 48.0 Å². The van der Waals surface area contributed by atoms with Crippen molar-refractivity contribution in [3.05, 3.63) is 53.6 Å². The zero-order valence-electron chi connectivity index (χ0n) is 11.0. The number of carbonyl (C=O) groups is 1. The van der Waals surface area contributed by atoms with E-state index in [1.54, 1.807) is 0 Å². The molecule has 1 aliphatic carbocycles. The molecule has 4 nitrogen and oxygen atoms in total. The van der Waals surface area contributed by atoms with E-state index >= 15 is 0 Å². The van der Waals surface area contributed by atoms with Gasteiger partial charge in [0.05, 0.1) is 12.5 Å². The standard InChI is InChI=1S/C15H16N2O2/c1-15(2)7-13(10-5-3-4-6-11(10)15)19-14(18)12-8-16-9-17-12/h3-6,8-9,13H,7H2,1-2H3,(H,16,17). The van der Waals surface area contributed by atoms with Gasteiger partial charge in [0.25, 0.3) is 0 Å². The van der Waals surface area contributed by atoms with Crippen LogP contribution in [0.5, 0.6) is 0 Å². The monoisotopic (exact) mass is 256 g/mol. The highest BCUT2D eigenvalue weighted by atomic mass is 16.5. The third-order valence-electron chi connectivity index (χ3n) is 3.70. The molecule has 19 heavy (non-hydrogen) atoms. The molecule has 0 bridgehead atoms. The molecule has 0 saturated carbocycles. The lowest BCUT2D eigenvalue weighted by molar-refractivity contribution is 0.0267. The van der Waals surface area contributed by atoms with E-state index in [2.05, 4.69) is 29.9 Å². The Labute approximate surface area is 111 Å². The van der Waals surface area contributed by atoms with Crippen molar-refractivity contribution in [3.63, 3.8) is 0 Å². The van der Waals surface area contributed by atoms with Gasteiger partial charge in [-0.05, 0) is 23.0 Å². The molecule has 1 unspecified atom stereocenters. The Morgan fingerprint density at radius 2 is 2.21 bits per heavy atom. The van der Waals surface area contributed by atoms with Crippen LogP contribution in [-0.2, 0) is 10.2 Å². The van der Waals surface area contributed by atoms with E-state index in [-0.39, 0.29) is 17.5 Å². The first-order valence-corrected chi connectivity index (χ1v) is 6.37. The zero-order chi connectivity index (χ0) is 13.5. The summed E-state index contributed by atoms with van der Waals surface area (Å²) in [6.45, 7) is 4.35. The maximum absolute atomic E-state index is 12.0. The predicted molar refractivity (Wildman–Crippen MR) is 70.8 cm³/mol. The van der Waals surface area contributed by atoms with Gasteiger partial charge in [-0.2, -0.15) is 0 Å². The molecule has 1 N–H and O–H groups in total. The fourth-order valence-corrected chi connectivity index (χ4v) is 2.74. The molecule has 0 radical (unpaired) electrons. The molecule has 0 amide bonds. The minimum absolute atomic E-state index is 0.0372. The van der Waals surface area contributed by atoms with Crippen molar-refractivity contribution in [1.82, 2.24) is 9.97 Å². The largest absolute Gasteiger partial charge is 0.453 e. The first kappa shape index (κ1) is 12.0. The van der Waals surface area contributed by atoms with Gasteiger partial charge in [0.15, 0.2) is 0 Å². The lowest BCUT2D eigenvalue weighted by Gasteiger charge is -2.18. The lowest BCUT2D eigenvalue weighted by atomic mass is 9.87. The molecule has 0 aliphatic heterocycles. The highest BCUT2D eigenvalue weighted by Gasteiger charge is 2.38. The third-order valence-corrected chi connectivity index (χ3v) is 3.70. The number of ether oxygens (including phenoxy) is 1. The van der Waals surface area contributed by atoms with Crippen LogP contribution in [0, 0.1) is 0 Å². The van der Waals surface area contributed by atoms with Gasteiger partial charge in [-0.1, -0.05) is 38.1 Å². The summed E-state index contributed by atoms with van der Waals surface area (Å²) in [6.07, 6.45) is 3.59. The highest BCUT2D eigenvalue weighted by Crippen LogP contribution is 2.46. The van der Waals surface area contributed by atoms with Crippen molar-refractivity contribution in [2.75, 3.05) is 0 Å². The molecule has 1 aromatic carbocycles.